The van der Waals surface area contributed by atoms with Gasteiger partial charge in [0, 0.05) is 12.1 Å². The molecule has 0 bridgehead atoms. The van der Waals surface area contributed by atoms with Gasteiger partial charge in [0.25, 0.3) is 15.9 Å². The summed E-state index contributed by atoms with van der Waals surface area (Å²) >= 11 is 5.76. The lowest BCUT2D eigenvalue weighted by Crippen LogP contribution is -2.32. The van der Waals surface area contributed by atoms with E-state index in [-0.39, 0.29) is 22.2 Å². The molecular weight excluding hydrogens is 372 g/mol. The van der Waals surface area contributed by atoms with Crippen LogP contribution < -0.4 is 9.46 Å². The van der Waals surface area contributed by atoms with Crippen molar-refractivity contribution in [3.05, 3.63) is 52.8 Å². The number of nitrogens with one attached hydrogen (secondary N) is 1. The van der Waals surface area contributed by atoms with Crippen LogP contribution in [-0.2, 0) is 14.8 Å². The monoisotopic (exact) mass is 384 g/mol. The number of halogens is 1. The highest BCUT2D eigenvalue weighted by Crippen LogP contribution is 2.19. The summed E-state index contributed by atoms with van der Waals surface area (Å²) in [6, 6.07) is 7.91. The summed E-state index contributed by atoms with van der Waals surface area (Å²) in [6.45, 7) is 0. The van der Waals surface area contributed by atoms with Crippen LogP contribution in [0.3, 0.4) is 0 Å². The van der Waals surface area contributed by atoms with E-state index in [9.17, 15) is 18.0 Å². The first-order chi connectivity index (χ1) is 11.8. The van der Waals surface area contributed by atoms with Gasteiger partial charge in [-0.15, -0.1) is 0 Å². The molecule has 2 rings (SSSR count). The van der Waals surface area contributed by atoms with Gasteiger partial charge in [0.1, 0.15) is 21.5 Å². The first-order valence-electron chi connectivity index (χ1n) is 6.74. The number of sulfonamides is 1. The SMILES string of the molecule is COC(=O)c1ccccc1S(=O)(=O)NC(=O)c1cc(OC)cc(Cl)n1. The quantitative estimate of drug-likeness (QED) is 0.616. The summed E-state index contributed by atoms with van der Waals surface area (Å²) in [5, 5.41) is -0.0446. The minimum Gasteiger partial charge on any atom is -0.497 e. The fourth-order valence-electron chi connectivity index (χ4n) is 1.92. The van der Waals surface area contributed by atoms with Crippen LogP contribution in [0.25, 0.3) is 0 Å². The average molecular weight is 385 g/mol. The number of hydrogen-bond acceptors (Lipinski definition) is 7. The summed E-state index contributed by atoms with van der Waals surface area (Å²) in [5.41, 5.74) is -0.467. The number of methoxy groups -OCH3 is 2. The zero-order chi connectivity index (χ0) is 18.6. The molecule has 0 saturated heterocycles. The maximum Gasteiger partial charge on any atom is 0.339 e. The third-order valence-electron chi connectivity index (χ3n) is 3.04. The number of rotatable bonds is 5. The van der Waals surface area contributed by atoms with E-state index in [1.807, 2.05) is 4.72 Å². The lowest BCUT2D eigenvalue weighted by atomic mass is 10.2. The number of aromatic nitrogens is 1. The number of amides is 1. The molecule has 0 spiro atoms. The van der Waals surface area contributed by atoms with Gasteiger partial charge in [-0.05, 0) is 12.1 Å². The molecular formula is C15H13ClN2O6S. The molecule has 0 radical (unpaired) electrons. The Balaban J connectivity index is 2.38. The van der Waals surface area contributed by atoms with Crippen molar-refractivity contribution in [1.29, 1.82) is 0 Å². The Morgan fingerprint density at radius 3 is 2.48 bits per heavy atom. The molecule has 1 aromatic heterocycles. The third kappa shape index (κ3) is 4.25. The van der Waals surface area contributed by atoms with Crippen LogP contribution in [0.2, 0.25) is 5.15 Å². The molecule has 0 atom stereocenters. The van der Waals surface area contributed by atoms with Crippen LogP contribution in [0.1, 0.15) is 20.8 Å². The Morgan fingerprint density at radius 1 is 1.16 bits per heavy atom. The van der Waals surface area contributed by atoms with Gasteiger partial charge >= 0.3 is 5.97 Å². The summed E-state index contributed by atoms with van der Waals surface area (Å²) in [6.07, 6.45) is 0. The van der Waals surface area contributed by atoms with Gasteiger partial charge in [-0.3, -0.25) is 4.79 Å². The van der Waals surface area contributed by atoms with Crippen molar-refractivity contribution in [2.45, 2.75) is 4.90 Å². The molecule has 0 fully saturated rings. The molecule has 1 N–H and O–H groups in total. The zero-order valence-electron chi connectivity index (χ0n) is 13.1. The largest absolute Gasteiger partial charge is 0.497 e. The van der Waals surface area contributed by atoms with Crippen LogP contribution in [0, 0.1) is 0 Å². The third-order valence-corrected chi connectivity index (χ3v) is 4.63. The Labute approximate surface area is 148 Å². The number of pyridine rings is 1. The van der Waals surface area contributed by atoms with Crippen LogP contribution in [0.15, 0.2) is 41.3 Å². The standard InChI is InChI=1S/C15H13ClN2O6S/c1-23-9-7-11(17-13(16)8-9)14(19)18-25(21,22)12-6-4-3-5-10(12)15(20)24-2/h3-8H,1-2H3,(H,18,19). The summed E-state index contributed by atoms with van der Waals surface area (Å²) < 4.78 is 36.3. The number of carbonyl (C=O) groups is 2. The second kappa shape index (κ2) is 7.49. The lowest BCUT2D eigenvalue weighted by molar-refractivity contribution is 0.0596. The second-order valence-electron chi connectivity index (χ2n) is 4.64. The topological polar surface area (TPSA) is 112 Å². The number of esters is 1. The van der Waals surface area contributed by atoms with E-state index in [0.717, 1.165) is 7.11 Å². The van der Waals surface area contributed by atoms with Crippen molar-refractivity contribution in [3.63, 3.8) is 0 Å². The van der Waals surface area contributed by atoms with Crippen molar-refractivity contribution in [3.8, 4) is 5.75 Å². The molecule has 25 heavy (non-hydrogen) atoms. The number of benzene rings is 1. The molecule has 0 aliphatic carbocycles. The van der Waals surface area contributed by atoms with Crippen molar-refractivity contribution in [2.24, 2.45) is 0 Å². The van der Waals surface area contributed by atoms with Gasteiger partial charge in [-0.2, -0.15) is 0 Å². The zero-order valence-corrected chi connectivity index (χ0v) is 14.7. The first kappa shape index (κ1) is 18.7. The van der Waals surface area contributed by atoms with E-state index in [1.165, 1.54) is 43.5 Å². The first-order valence-corrected chi connectivity index (χ1v) is 8.60. The van der Waals surface area contributed by atoms with Crippen molar-refractivity contribution in [1.82, 2.24) is 9.71 Å². The van der Waals surface area contributed by atoms with Crippen LogP contribution in [0.4, 0.5) is 0 Å². The fraction of sp³-hybridized carbons (Fsp3) is 0.133. The predicted octanol–water partition coefficient (Wildman–Crippen LogP) is 1.65. The second-order valence-corrected chi connectivity index (χ2v) is 6.68. The summed E-state index contributed by atoms with van der Waals surface area (Å²) in [7, 11) is -1.87. The molecule has 0 unspecified atom stereocenters. The van der Waals surface area contributed by atoms with Crippen LogP contribution >= 0.6 is 11.6 Å². The van der Waals surface area contributed by atoms with Crippen molar-refractivity contribution >= 4 is 33.5 Å². The summed E-state index contributed by atoms with van der Waals surface area (Å²) in [5.74, 6) is -1.64. The van der Waals surface area contributed by atoms with E-state index in [1.54, 1.807) is 0 Å². The number of ether oxygens (including phenoxy) is 2. The number of nitrogens with zero attached hydrogens (tertiary/aromatic N) is 1. The highest BCUT2D eigenvalue weighted by Gasteiger charge is 2.25. The molecule has 132 valence electrons. The van der Waals surface area contributed by atoms with Gasteiger partial charge in [0.2, 0.25) is 0 Å². The molecule has 8 nitrogen and oxygen atoms in total. The van der Waals surface area contributed by atoms with E-state index < -0.39 is 26.8 Å². The van der Waals surface area contributed by atoms with E-state index in [0.29, 0.717) is 0 Å². The van der Waals surface area contributed by atoms with E-state index in [2.05, 4.69) is 9.72 Å². The number of carbonyl (C=O) groups excluding carboxylic acids is 2. The number of hydrogen-bond donors (Lipinski definition) is 1. The minimum absolute atomic E-state index is 0.0446. The van der Waals surface area contributed by atoms with Crippen molar-refractivity contribution in [2.75, 3.05) is 14.2 Å². The van der Waals surface area contributed by atoms with Gasteiger partial charge in [-0.1, -0.05) is 23.7 Å². The highest BCUT2D eigenvalue weighted by molar-refractivity contribution is 7.90. The van der Waals surface area contributed by atoms with E-state index in [4.69, 9.17) is 16.3 Å². The molecule has 1 aromatic carbocycles. The van der Waals surface area contributed by atoms with Crippen LogP contribution in [-0.4, -0.2) is 39.5 Å². The van der Waals surface area contributed by atoms with Gasteiger partial charge in [0.05, 0.1) is 19.8 Å². The normalized spacial score (nSPS) is 10.8. The minimum atomic E-state index is -4.35. The maximum absolute atomic E-state index is 12.5. The average Bonchev–Trinajstić information content (AvgIpc) is 2.60. The molecule has 1 amide bonds. The van der Waals surface area contributed by atoms with Gasteiger partial charge < -0.3 is 9.47 Å². The molecule has 2 aromatic rings. The smallest absolute Gasteiger partial charge is 0.339 e. The Hall–Kier alpha value is -2.65. The molecule has 1 heterocycles. The Kier molecular flexibility index (Phi) is 5.60. The fourth-order valence-corrected chi connectivity index (χ4v) is 3.27. The molecule has 10 heteroatoms. The lowest BCUT2D eigenvalue weighted by Gasteiger charge is -2.10. The Bertz CT molecular complexity index is 929. The molecule has 0 aliphatic rings. The maximum atomic E-state index is 12.5. The highest BCUT2D eigenvalue weighted by atomic mass is 35.5. The Morgan fingerprint density at radius 2 is 1.84 bits per heavy atom. The van der Waals surface area contributed by atoms with Gasteiger partial charge in [-0.25, -0.2) is 22.9 Å². The molecule has 0 aliphatic heterocycles. The molecule has 0 saturated carbocycles. The van der Waals surface area contributed by atoms with Crippen LogP contribution in [0.5, 0.6) is 5.75 Å². The van der Waals surface area contributed by atoms with Gasteiger partial charge in [0.15, 0.2) is 0 Å². The predicted molar refractivity (Wildman–Crippen MR) is 88.2 cm³/mol. The van der Waals surface area contributed by atoms with E-state index >= 15 is 0 Å². The van der Waals surface area contributed by atoms with Crippen molar-refractivity contribution < 1.29 is 27.5 Å². The summed E-state index contributed by atoms with van der Waals surface area (Å²) in [4.78, 5) is 27.3.